The highest BCUT2D eigenvalue weighted by atomic mass is 16.7. The predicted octanol–water partition coefficient (Wildman–Crippen LogP) is 2.03. The Bertz CT molecular complexity index is 243. The number of carboxylic acid groups (broad SMARTS) is 1. The van der Waals surface area contributed by atoms with Gasteiger partial charge >= 0.3 is 5.97 Å². The second-order valence-electron chi connectivity index (χ2n) is 5.52. The van der Waals surface area contributed by atoms with Crippen LogP contribution in [0.25, 0.3) is 0 Å². The van der Waals surface area contributed by atoms with Gasteiger partial charge in [0.05, 0.1) is 19.1 Å². The maximum Gasteiger partial charge on any atom is 0.306 e. The first kappa shape index (κ1) is 12.5. The van der Waals surface area contributed by atoms with Gasteiger partial charge < -0.3 is 14.6 Å². The molecule has 2 atom stereocenters. The molecule has 0 saturated carbocycles. The van der Waals surface area contributed by atoms with Crippen LogP contribution in [0.5, 0.6) is 0 Å². The summed E-state index contributed by atoms with van der Waals surface area (Å²) in [6, 6.07) is 0. The first-order chi connectivity index (χ1) is 6.70. The molecule has 0 aromatic carbocycles. The molecule has 0 aromatic heterocycles. The van der Waals surface area contributed by atoms with E-state index in [9.17, 15) is 4.79 Å². The molecule has 15 heavy (non-hydrogen) atoms. The van der Waals surface area contributed by atoms with Crippen molar-refractivity contribution in [1.82, 2.24) is 0 Å². The van der Waals surface area contributed by atoms with E-state index in [4.69, 9.17) is 14.6 Å². The molecule has 0 spiro atoms. The van der Waals surface area contributed by atoms with E-state index in [1.807, 2.05) is 6.92 Å². The fraction of sp³-hybridized carbons (Fsp3) is 0.909. The van der Waals surface area contributed by atoms with Crippen LogP contribution in [0.4, 0.5) is 0 Å². The quantitative estimate of drug-likeness (QED) is 0.784. The number of ether oxygens (including phenoxy) is 2. The maximum absolute atomic E-state index is 10.5. The van der Waals surface area contributed by atoms with Crippen molar-refractivity contribution in [2.45, 2.75) is 52.4 Å². The molecule has 4 heteroatoms. The minimum absolute atomic E-state index is 0.0136. The Morgan fingerprint density at radius 2 is 2.13 bits per heavy atom. The molecule has 4 nitrogen and oxygen atoms in total. The zero-order valence-electron chi connectivity index (χ0n) is 9.87. The van der Waals surface area contributed by atoms with Gasteiger partial charge in [-0.1, -0.05) is 20.8 Å². The Kier molecular flexibility index (Phi) is 3.41. The number of rotatable bonds is 3. The molecule has 0 amide bonds. The molecule has 1 aliphatic heterocycles. The summed E-state index contributed by atoms with van der Waals surface area (Å²) < 4.78 is 11.2. The van der Waals surface area contributed by atoms with Crippen LogP contribution in [0.2, 0.25) is 0 Å². The molecule has 0 aromatic rings. The van der Waals surface area contributed by atoms with Crippen molar-refractivity contribution in [2.24, 2.45) is 5.41 Å². The van der Waals surface area contributed by atoms with Gasteiger partial charge in [-0.25, -0.2) is 0 Å². The summed E-state index contributed by atoms with van der Waals surface area (Å²) in [7, 11) is 0. The van der Waals surface area contributed by atoms with Crippen LogP contribution in [-0.4, -0.2) is 29.6 Å². The third-order valence-corrected chi connectivity index (χ3v) is 2.24. The van der Waals surface area contributed by atoms with Gasteiger partial charge in [0.15, 0.2) is 5.79 Å². The lowest BCUT2D eigenvalue weighted by Gasteiger charge is -2.30. The number of hydrogen-bond donors (Lipinski definition) is 1. The summed E-state index contributed by atoms with van der Waals surface area (Å²) in [6.07, 6.45) is 0.463. The van der Waals surface area contributed by atoms with Crippen molar-refractivity contribution in [3.05, 3.63) is 0 Å². The normalized spacial score (nSPS) is 31.9. The van der Waals surface area contributed by atoms with Gasteiger partial charge in [-0.3, -0.25) is 4.79 Å². The third kappa shape index (κ3) is 4.18. The van der Waals surface area contributed by atoms with Crippen LogP contribution in [0.1, 0.15) is 40.5 Å². The average molecular weight is 216 g/mol. The zero-order valence-corrected chi connectivity index (χ0v) is 9.87. The lowest BCUT2D eigenvalue weighted by Crippen LogP contribution is -2.32. The summed E-state index contributed by atoms with van der Waals surface area (Å²) in [5.41, 5.74) is 0.104. The van der Waals surface area contributed by atoms with Crippen molar-refractivity contribution in [3.8, 4) is 0 Å². The number of aliphatic carboxylic acids is 1. The second kappa shape index (κ2) is 4.10. The maximum atomic E-state index is 10.5. The molecule has 2 unspecified atom stereocenters. The molecule has 1 fully saturated rings. The average Bonchev–Trinajstić information content (AvgIpc) is 2.25. The van der Waals surface area contributed by atoms with E-state index in [2.05, 4.69) is 20.8 Å². The highest BCUT2D eigenvalue weighted by molar-refractivity contribution is 5.67. The van der Waals surface area contributed by atoms with Gasteiger partial charge in [-0.15, -0.1) is 0 Å². The van der Waals surface area contributed by atoms with Crippen LogP contribution in [0.3, 0.4) is 0 Å². The Hall–Kier alpha value is -0.610. The molecule has 88 valence electrons. The molecule has 1 heterocycles. The topological polar surface area (TPSA) is 55.8 Å². The van der Waals surface area contributed by atoms with Crippen molar-refractivity contribution in [1.29, 1.82) is 0 Å². The minimum atomic E-state index is -0.844. The lowest BCUT2D eigenvalue weighted by atomic mass is 9.88. The Labute approximate surface area is 90.6 Å². The molecule has 0 radical (unpaired) electrons. The van der Waals surface area contributed by atoms with Crippen molar-refractivity contribution < 1.29 is 19.4 Å². The van der Waals surface area contributed by atoms with Crippen molar-refractivity contribution in [2.75, 3.05) is 6.61 Å². The number of hydrogen-bond acceptors (Lipinski definition) is 3. The highest BCUT2D eigenvalue weighted by Gasteiger charge is 2.40. The van der Waals surface area contributed by atoms with Gasteiger partial charge in [0.25, 0.3) is 0 Å². The van der Waals surface area contributed by atoms with Gasteiger partial charge in [0.2, 0.25) is 0 Å². The van der Waals surface area contributed by atoms with Gasteiger partial charge in [-0.05, 0) is 12.3 Å². The Balaban J connectivity index is 2.49. The number of carbonyl (C=O) groups is 1. The summed E-state index contributed by atoms with van der Waals surface area (Å²) in [5.74, 6) is -1.47. The van der Waals surface area contributed by atoms with E-state index in [1.165, 1.54) is 0 Å². The fourth-order valence-electron chi connectivity index (χ4n) is 2.04. The van der Waals surface area contributed by atoms with Gasteiger partial charge in [-0.2, -0.15) is 0 Å². The van der Waals surface area contributed by atoms with Crippen LogP contribution in [0, 0.1) is 5.41 Å². The van der Waals surface area contributed by atoms with Crippen LogP contribution in [-0.2, 0) is 14.3 Å². The second-order valence-corrected chi connectivity index (χ2v) is 5.52. The summed E-state index contributed by atoms with van der Waals surface area (Å²) in [5, 5.41) is 8.64. The molecular formula is C11H20O4. The van der Waals surface area contributed by atoms with Crippen LogP contribution >= 0.6 is 0 Å². The fourth-order valence-corrected chi connectivity index (χ4v) is 2.04. The first-order valence-corrected chi connectivity index (χ1v) is 5.24. The largest absolute Gasteiger partial charge is 0.481 e. The smallest absolute Gasteiger partial charge is 0.306 e. The van der Waals surface area contributed by atoms with Crippen molar-refractivity contribution in [3.63, 3.8) is 0 Å². The standard InChI is InChI=1S/C11H20O4/c1-10(2,3)7-11(4)14-6-8(15-11)5-9(12)13/h8H,5-7H2,1-4H3,(H,12,13). The molecule has 1 rings (SSSR count). The molecule has 1 N–H and O–H groups in total. The SMILES string of the molecule is CC(C)(C)CC1(C)OCC(CC(=O)O)O1. The van der Waals surface area contributed by atoms with E-state index in [0.717, 1.165) is 6.42 Å². The van der Waals surface area contributed by atoms with Crippen LogP contribution < -0.4 is 0 Å². The summed E-state index contributed by atoms with van der Waals surface area (Å²) in [4.78, 5) is 10.5. The summed E-state index contributed by atoms with van der Waals surface area (Å²) in [6.45, 7) is 8.57. The van der Waals surface area contributed by atoms with Gasteiger partial charge in [0.1, 0.15) is 0 Å². The van der Waals surface area contributed by atoms with Crippen LogP contribution in [0.15, 0.2) is 0 Å². The zero-order chi connectivity index (χ0) is 11.7. The minimum Gasteiger partial charge on any atom is -0.481 e. The molecule has 1 saturated heterocycles. The van der Waals surface area contributed by atoms with Gasteiger partial charge in [0, 0.05) is 6.42 Å². The molecular weight excluding hydrogens is 196 g/mol. The Morgan fingerprint density at radius 1 is 1.53 bits per heavy atom. The predicted molar refractivity (Wildman–Crippen MR) is 55.6 cm³/mol. The van der Waals surface area contributed by atoms with E-state index >= 15 is 0 Å². The Morgan fingerprint density at radius 3 is 2.60 bits per heavy atom. The van der Waals surface area contributed by atoms with E-state index in [-0.39, 0.29) is 17.9 Å². The third-order valence-electron chi connectivity index (χ3n) is 2.24. The summed E-state index contributed by atoms with van der Waals surface area (Å²) >= 11 is 0. The van der Waals surface area contributed by atoms with E-state index in [1.54, 1.807) is 0 Å². The molecule has 0 bridgehead atoms. The van der Waals surface area contributed by atoms with E-state index in [0.29, 0.717) is 6.61 Å². The van der Waals surface area contributed by atoms with Crippen molar-refractivity contribution >= 4 is 5.97 Å². The molecule has 1 aliphatic rings. The first-order valence-electron chi connectivity index (χ1n) is 5.24. The number of carboxylic acids is 1. The van der Waals surface area contributed by atoms with E-state index < -0.39 is 11.8 Å². The monoisotopic (exact) mass is 216 g/mol. The molecule has 0 aliphatic carbocycles. The highest BCUT2D eigenvalue weighted by Crippen LogP contribution is 2.35. The lowest BCUT2D eigenvalue weighted by molar-refractivity contribution is -0.175.